The number of hydrogen-bond donors (Lipinski definition) is 1. The lowest BCUT2D eigenvalue weighted by Crippen LogP contribution is -2.35. The maximum atomic E-state index is 12.7. The van der Waals surface area contributed by atoms with E-state index in [1.165, 1.54) is 6.33 Å². The topological polar surface area (TPSA) is 87.7 Å². The molecule has 0 amide bonds. The lowest BCUT2D eigenvalue weighted by molar-refractivity contribution is 0.241. The molecule has 0 atom stereocenters. The predicted octanol–water partition coefficient (Wildman–Crippen LogP) is 2.85. The van der Waals surface area contributed by atoms with Crippen LogP contribution in [0.5, 0.6) is 0 Å². The molecule has 0 aliphatic carbocycles. The molecular weight excluding hydrogens is 376 g/mol. The first kappa shape index (κ1) is 18.3. The van der Waals surface area contributed by atoms with Gasteiger partial charge in [0.15, 0.2) is 0 Å². The maximum absolute atomic E-state index is 12.7. The summed E-state index contributed by atoms with van der Waals surface area (Å²) in [7, 11) is 0. The zero-order valence-electron chi connectivity index (χ0n) is 16.3. The average Bonchev–Trinajstić information content (AvgIpc) is 2.81. The van der Waals surface area contributed by atoms with E-state index in [0.29, 0.717) is 17.9 Å². The first-order chi connectivity index (χ1) is 14.8. The Bertz CT molecular complexity index is 1210. The Kier molecular flexibility index (Phi) is 4.86. The van der Waals surface area contributed by atoms with Gasteiger partial charge in [0.1, 0.15) is 12.2 Å². The van der Waals surface area contributed by atoms with Crippen LogP contribution in [-0.4, -0.2) is 36.4 Å². The summed E-state index contributed by atoms with van der Waals surface area (Å²) < 4.78 is 0. The fourth-order valence-corrected chi connectivity index (χ4v) is 3.73. The van der Waals surface area contributed by atoms with Crippen molar-refractivity contribution < 1.29 is 0 Å². The Hall–Kier alpha value is -3.71. The minimum Gasteiger partial charge on any atom is -0.306 e. The van der Waals surface area contributed by atoms with Gasteiger partial charge in [0, 0.05) is 50.2 Å². The number of nitrogens with one attached hydrogen (secondary N) is 1. The van der Waals surface area contributed by atoms with Crippen LogP contribution in [0.15, 0.2) is 72.2 Å². The van der Waals surface area contributed by atoms with Crippen molar-refractivity contribution in [2.24, 2.45) is 0 Å². The highest BCUT2D eigenvalue weighted by Crippen LogP contribution is 2.20. The minimum absolute atomic E-state index is 0.0962. The number of rotatable bonds is 4. The van der Waals surface area contributed by atoms with Gasteiger partial charge in [-0.05, 0) is 11.6 Å². The molecule has 1 aliphatic heterocycles. The minimum atomic E-state index is -0.0962. The van der Waals surface area contributed by atoms with E-state index in [2.05, 4.69) is 48.0 Å². The van der Waals surface area contributed by atoms with E-state index < -0.39 is 0 Å². The summed E-state index contributed by atoms with van der Waals surface area (Å²) in [5.41, 5.74) is 5.39. The SMILES string of the molecule is O=c1[nH]c(-c2cncnc2)nc2c1CN(Cc1ccc(-c3ccccc3)nc1)CC2. The van der Waals surface area contributed by atoms with Gasteiger partial charge in [0.25, 0.3) is 5.56 Å². The number of fused-ring (bicyclic) bond motifs is 1. The van der Waals surface area contributed by atoms with Crippen LogP contribution in [0.2, 0.25) is 0 Å². The number of aromatic nitrogens is 5. The maximum Gasteiger partial charge on any atom is 0.255 e. The molecule has 1 N–H and O–H groups in total. The number of aromatic amines is 1. The van der Waals surface area contributed by atoms with Gasteiger partial charge in [0.2, 0.25) is 0 Å². The number of hydrogen-bond acceptors (Lipinski definition) is 6. The van der Waals surface area contributed by atoms with E-state index in [1.54, 1.807) is 12.4 Å². The molecule has 4 heterocycles. The van der Waals surface area contributed by atoms with Gasteiger partial charge in [-0.15, -0.1) is 0 Å². The molecule has 148 valence electrons. The molecule has 1 aromatic carbocycles. The highest BCUT2D eigenvalue weighted by Gasteiger charge is 2.21. The molecule has 0 unspecified atom stereocenters. The molecule has 3 aromatic heterocycles. The number of benzene rings is 1. The lowest BCUT2D eigenvalue weighted by atomic mass is 10.1. The van der Waals surface area contributed by atoms with Crippen molar-refractivity contribution in [3.05, 3.63) is 94.6 Å². The van der Waals surface area contributed by atoms with E-state index in [4.69, 9.17) is 0 Å². The quantitative estimate of drug-likeness (QED) is 0.571. The largest absolute Gasteiger partial charge is 0.306 e. The van der Waals surface area contributed by atoms with Crippen molar-refractivity contribution in [1.29, 1.82) is 0 Å². The molecule has 1 aliphatic rings. The van der Waals surface area contributed by atoms with Crippen LogP contribution in [0.1, 0.15) is 16.8 Å². The molecule has 7 heteroatoms. The zero-order valence-corrected chi connectivity index (χ0v) is 16.3. The van der Waals surface area contributed by atoms with Gasteiger partial charge in [-0.3, -0.25) is 14.7 Å². The second kappa shape index (κ2) is 7.96. The van der Waals surface area contributed by atoms with E-state index in [-0.39, 0.29) is 5.56 Å². The van der Waals surface area contributed by atoms with Crippen LogP contribution < -0.4 is 5.56 Å². The van der Waals surface area contributed by atoms with E-state index in [9.17, 15) is 4.79 Å². The second-order valence-electron chi connectivity index (χ2n) is 7.35. The molecule has 5 rings (SSSR count). The van der Waals surface area contributed by atoms with Crippen LogP contribution in [0.25, 0.3) is 22.6 Å². The fourth-order valence-electron chi connectivity index (χ4n) is 3.73. The van der Waals surface area contributed by atoms with Crippen molar-refractivity contribution in [3.63, 3.8) is 0 Å². The molecule has 0 saturated carbocycles. The Morgan fingerprint density at radius 3 is 2.57 bits per heavy atom. The first-order valence-corrected chi connectivity index (χ1v) is 9.86. The molecule has 0 bridgehead atoms. The first-order valence-electron chi connectivity index (χ1n) is 9.86. The summed E-state index contributed by atoms with van der Waals surface area (Å²) >= 11 is 0. The Labute approximate surface area is 173 Å². The molecule has 7 nitrogen and oxygen atoms in total. The monoisotopic (exact) mass is 396 g/mol. The fraction of sp³-hybridized carbons (Fsp3) is 0.174. The summed E-state index contributed by atoms with van der Waals surface area (Å²) in [6.07, 6.45) is 7.41. The smallest absolute Gasteiger partial charge is 0.255 e. The van der Waals surface area contributed by atoms with Crippen LogP contribution in [0, 0.1) is 0 Å². The highest BCUT2D eigenvalue weighted by molar-refractivity contribution is 5.58. The Morgan fingerprint density at radius 1 is 0.967 bits per heavy atom. The van der Waals surface area contributed by atoms with Crippen molar-refractivity contribution in [1.82, 2.24) is 29.8 Å². The van der Waals surface area contributed by atoms with Gasteiger partial charge in [-0.2, -0.15) is 0 Å². The normalized spacial score (nSPS) is 13.7. The van der Waals surface area contributed by atoms with Gasteiger partial charge < -0.3 is 4.98 Å². The van der Waals surface area contributed by atoms with Crippen molar-refractivity contribution >= 4 is 0 Å². The second-order valence-corrected chi connectivity index (χ2v) is 7.35. The van der Waals surface area contributed by atoms with Gasteiger partial charge in [0.05, 0.1) is 22.5 Å². The lowest BCUT2D eigenvalue weighted by Gasteiger charge is -2.27. The summed E-state index contributed by atoms with van der Waals surface area (Å²) in [4.78, 5) is 35.1. The Morgan fingerprint density at radius 2 is 1.80 bits per heavy atom. The third kappa shape index (κ3) is 3.75. The summed E-state index contributed by atoms with van der Waals surface area (Å²) in [6.45, 7) is 2.16. The molecule has 4 aromatic rings. The number of pyridine rings is 1. The van der Waals surface area contributed by atoms with Crippen molar-refractivity contribution in [3.8, 4) is 22.6 Å². The van der Waals surface area contributed by atoms with Crippen molar-refractivity contribution in [2.45, 2.75) is 19.5 Å². The highest BCUT2D eigenvalue weighted by atomic mass is 16.1. The third-order valence-electron chi connectivity index (χ3n) is 5.28. The molecule has 0 fully saturated rings. The summed E-state index contributed by atoms with van der Waals surface area (Å²) in [6, 6.07) is 14.3. The van der Waals surface area contributed by atoms with Crippen LogP contribution in [0.4, 0.5) is 0 Å². The molecule has 30 heavy (non-hydrogen) atoms. The number of H-pyrrole nitrogens is 1. The van der Waals surface area contributed by atoms with Gasteiger partial charge >= 0.3 is 0 Å². The van der Waals surface area contributed by atoms with E-state index in [1.807, 2.05) is 30.5 Å². The summed E-state index contributed by atoms with van der Waals surface area (Å²) in [5, 5.41) is 0. The molecular formula is C23H20N6O. The van der Waals surface area contributed by atoms with Crippen LogP contribution >= 0.6 is 0 Å². The van der Waals surface area contributed by atoms with Crippen LogP contribution in [0.3, 0.4) is 0 Å². The van der Waals surface area contributed by atoms with E-state index >= 15 is 0 Å². The van der Waals surface area contributed by atoms with Gasteiger partial charge in [-0.25, -0.2) is 15.0 Å². The zero-order chi connectivity index (χ0) is 20.3. The predicted molar refractivity (Wildman–Crippen MR) is 113 cm³/mol. The summed E-state index contributed by atoms with van der Waals surface area (Å²) in [5.74, 6) is 0.522. The third-order valence-corrected chi connectivity index (χ3v) is 5.28. The molecule has 0 radical (unpaired) electrons. The Balaban J connectivity index is 1.32. The molecule has 0 spiro atoms. The number of nitrogens with zero attached hydrogens (tertiary/aromatic N) is 5. The average molecular weight is 396 g/mol. The van der Waals surface area contributed by atoms with E-state index in [0.717, 1.165) is 47.6 Å². The standard InChI is InChI=1S/C23H20N6O/c30-23-19-14-29(9-8-21(19)27-22(28-23)18-11-24-15-25-12-18)13-16-6-7-20(26-10-16)17-4-2-1-3-5-17/h1-7,10-12,15H,8-9,13-14H2,(H,27,28,30). The molecule has 0 saturated heterocycles. The van der Waals surface area contributed by atoms with Crippen molar-refractivity contribution in [2.75, 3.05) is 6.54 Å². The van der Waals surface area contributed by atoms with Gasteiger partial charge in [-0.1, -0.05) is 36.4 Å². The van der Waals surface area contributed by atoms with Crippen LogP contribution in [-0.2, 0) is 19.5 Å².